The van der Waals surface area contributed by atoms with E-state index in [9.17, 15) is 26.4 Å². The van der Waals surface area contributed by atoms with Crippen molar-refractivity contribution in [1.29, 1.82) is 0 Å². The van der Waals surface area contributed by atoms with Gasteiger partial charge in [0.1, 0.15) is 0 Å². The van der Waals surface area contributed by atoms with Gasteiger partial charge < -0.3 is 4.90 Å². The van der Waals surface area contributed by atoms with Gasteiger partial charge in [-0.2, -0.15) is 17.5 Å². The number of carbonyl (C=O) groups is 1. The minimum Gasteiger partial charge on any atom is -0.307 e. The molecule has 1 amide bonds. The molecule has 0 aliphatic carbocycles. The molecule has 5 nitrogen and oxygen atoms in total. The Morgan fingerprint density at radius 1 is 0.854 bits per heavy atom. The van der Waals surface area contributed by atoms with E-state index < -0.39 is 33.2 Å². The third-order valence-electron chi connectivity index (χ3n) is 8.15. The Labute approximate surface area is 236 Å². The predicted molar refractivity (Wildman–Crippen MR) is 150 cm³/mol. The van der Waals surface area contributed by atoms with Crippen molar-refractivity contribution in [3.8, 4) is 0 Å². The van der Waals surface area contributed by atoms with E-state index in [1.807, 2.05) is 55.5 Å². The van der Waals surface area contributed by atoms with Crippen molar-refractivity contribution >= 4 is 21.6 Å². The molecule has 210 valence electrons. The van der Waals surface area contributed by atoms with Crippen LogP contribution in [0, 0.1) is 6.92 Å². The van der Waals surface area contributed by atoms with Crippen LogP contribution in [0.1, 0.15) is 40.3 Å². The quantitative estimate of drug-likeness (QED) is 0.268. The Morgan fingerprint density at radius 2 is 1.49 bits per heavy atom. The molecule has 0 aromatic heterocycles. The van der Waals surface area contributed by atoms with Gasteiger partial charge in [0.15, 0.2) is 0 Å². The molecule has 0 radical (unpaired) electrons. The number of aryl methyl sites for hydroxylation is 1. The molecular formula is C32H27F3N2O3S. The first kappa shape index (κ1) is 27.2. The van der Waals surface area contributed by atoms with E-state index in [-0.39, 0.29) is 30.3 Å². The molecule has 6 rings (SSSR count). The van der Waals surface area contributed by atoms with Crippen molar-refractivity contribution in [2.45, 2.75) is 42.4 Å². The van der Waals surface area contributed by atoms with Crippen molar-refractivity contribution in [3.05, 3.63) is 131 Å². The van der Waals surface area contributed by atoms with E-state index in [0.717, 1.165) is 23.3 Å². The van der Waals surface area contributed by atoms with Gasteiger partial charge in [-0.1, -0.05) is 78.4 Å². The summed E-state index contributed by atoms with van der Waals surface area (Å²) in [5.74, 6) is -0.269. The van der Waals surface area contributed by atoms with E-state index in [4.69, 9.17) is 0 Å². The summed E-state index contributed by atoms with van der Waals surface area (Å²) in [5.41, 5.74) is 1.31. The minimum absolute atomic E-state index is 0.0289. The van der Waals surface area contributed by atoms with Gasteiger partial charge in [-0.25, -0.2) is 8.42 Å². The summed E-state index contributed by atoms with van der Waals surface area (Å²) in [7, 11) is -4.12. The molecule has 0 unspecified atom stereocenters. The number of halogens is 3. The van der Waals surface area contributed by atoms with Crippen molar-refractivity contribution in [2.24, 2.45) is 0 Å². The first-order valence-corrected chi connectivity index (χ1v) is 14.7. The molecule has 2 aliphatic heterocycles. The van der Waals surface area contributed by atoms with E-state index in [0.29, 0.717) is 16.8 Å². The van der Waals surface area contributed by atoms with Gasteiger partial charge in [0.25, 0.3) is 0 Å². The monoisotopic (exact) mass is 576 g/mol. The molecule has 2 aliphatic rings. The highest BCUT2D eigenvalue weighted by atomic mass is 32.2. The largest absolute Gasteiger partial charge is 0.416 e. The first-order valence-electron chi connectivity index (χ1n) is 13.2. The second-order valence-corrected chi connectivity index (χ2v) is 12.5. The number of hydrogen-bond acceptors (Lipinski definition) is 3. The molecule has 1 spiro atoms. The summed E-state index contributed by atoms with van der Waals surface area (Å²) in [6.07, 6.45) is -4.37. The van der Waals surface area contributed by atoms with E-state index in [2.05, 4.69) is 0 Å². The van der Waals surface area contributed by atoms with Gasteiger partial charge in [-0.15, -0.1) is 0 Å². The second kappa shape index (κ2) is 9.85. The number of hydrogen-bond donors (Lipinski definition) is 0. The topological polar surface area (TPSA) is 57.7 Å². The van der Waals surface area contributed by atoms with E-state index in [1.165, 1.54) is 28.6 Å². The van der Waals surface area contributed by atoms with Crippen LogP contribution in [-0.2, 0) is 33.0 Å². The molecule has 4 aromatic carbocycles. The van der Waals surface area contributed by atoms with Gasteiger partial charge >= 0.3 is 6.18 Å². The van der Waals surface area contributed by atoms with Gasteiger partial charge in [0, 0.05) is 12.2 Å². The molecule has 0 saturated carbocycles. The van der Waals surface area contributed by atoms with Crippen LogP contribution < -0.4 is 4.90 Å². The van der Waals surface area contributed by atoms with Crippen molar-refractivity contribution in [2.75, 3.05) is 11.4 Å². The lowest BCUT2D eigenvalue weighted by atomic mass is 9.72. The fourth-order valence-electron chi connectivity index (χ4n) is 6.19. The van der Waals surface area contributed by atoms with Gasteiger partial charge in [-0.3, -0.25) is 4.79 Å². The maximum absolute atomic E-state index is 14.6. The molecule has 1 fully saturated rings. The SMILES string of the molecule is Cc1ccc(S(=O)(=O)N2CC[C@@]3(C(=O)N(Cc4ccccc4)c4ccccc43)[C@H]2c2ccc(C(F)(F)F)cc2)cc1. The maximum atomic E-state index is 14.6. The molecule has 1 saturated heterocycles. The number of fused-ring (bicyclic) bond motifs is 2. The average Bonchev–Trinajstić information content (AvgIpc) is 3.47. The predicted octanol–water partition coefficient (Wildman–Crippen LogP) is 6.63. The summed E-state index contributed by atoms with van der Waals surface area (Å²) < 4.78 is 69.9. The zero-order valence-corrected chi connectivity index (χ0v) is 23.0. The maximum Gasteiger partial charge on any atom is 0.416 e. The number of amides is 1. The summed E-state index contributed by atoms with van der Waals surface area (Å²) in [5, 5.41) is 0. The van der Waals surface area contributed by atoms with Crippen LogP contribution in [0.2, 0.25) is 0 Å². The van der Waals surface area contributed by atoms with Crippen molar-refractivity contribution in [3.63, 3.8) is 0 Å². The lowest BCUT2D eigenvalue weighted by Gasteiger charge is -2.35. The highest BCUT2D eigenvalue weighted by Gasteiger charge is 2.62. The number of alkyl halides is 3. The molecule has 4 aromatic rings. The van der Waals surface area contributed by atoms with Crippen LogP contribution in [0.3, 0.4) is 0 Å². The molecule has 0 bridgehead atoms. The second-order valence-electron chi connectivity index (χ2n) is 10.6. The van der Waals surface area contributed by atoms with Crippen LogP contribution in [0.15, 0.2) is 108 Å². The smallest absolute Gasteiger partial charge is 0.307 e. The number of carbonyl (C=O) groups excluding carboxylic acids is 1. The zero-order valence-electron chi connectivity index (χ0n) is 22.2. The third kappa shape index (κ3) is 4.44. The Bertz CT molecular complexity index is 1710. The van der Waals surface area contributed by atoms with Gasteiger partial charge in [0.2, 0.25) is 15.9 Å². The van der Waals surface area contributed by atoms with Gasteiger partial charge in [0.05, 0.1) is 28.5 Å². The number of nitrogens with zero attached hydrogens (tertiary/aromatic N) is 2. The number of benzene rings is 4. The zero-order chi connectivity index (χ0) is 29.0. The standard InChI is InChI=1S/C32H27F3N2O3S/c1-22-11-17-26(18-12-22)41(39,40)37-20-19-31(29(37)24-13-15-25(16-14-24)32(33,34)35)27-9-5-6-10-28(27)36(30(31)38)21-23-7-3-2-4-8-23/h2-18,29H,19-21H2,1H3/t29-,31+/m1/s1. The number of para-hydroxylation sites is 1. The van der Waals surface area contributed by atoms with Crippen LogP contribution in [0.25, 0.3) is 0 Å². The Morgan fingerprint density at radius 3 is 2.15 bits per heavy atom. The molecule has 0 N–H and O–H groups in total. The summed E-state index contributed by atoms with van der Waals surface area (Å²) in [6, 6.07) is 26.7. The summed E-state index contributed by atoms with van der Waals surface area (Å²) in [6.45, 7) is 2.16. The molecule has 41 heavy (non-hydrogen) atoms. The van der Waals surface area contributed by atoms with Crippen LogP contribution in [0.4, 0.5) is 18.9 Å². The normalized spacial score (nSPS) is 21.0. The molecular weight excluding hydrogens is 549 g/mol. The molecule has 9 heteroatoms. The highest BCUT2D eigenvalue weighted by Crippen LogP contribution is 2.58. The van der Waals surface area contributed by atoms with Crippen LogP contribution in [0.5, 0.6) is 0 Å². The number of sulfonamides is 1. The average molecular weight is 577 g/mol. The van der Waals surface area contributed by atoms with E-state index in [1.54, 1.807) is 23.1 Å². The first-order chi connectivity index (χ1) is 19.5. The number of rotatable bonds is 5. The van der Waals surface area contributed by atoms with Crippen molar-refractivity contribution < 1.29 is 26.4 Å². The van der Waals surface area contributed by atoms with Gasteiger partial charge in [-0.05, 0) is 60.4 Å². The van der Waals surface area contributed by atoms with Crippen molar-refractivity contribution in [1.82, 2.24) is 4.31 Å². The Kier molecular flexibility index (Phi) is 6.54. The highest BCUT2D eigenvalue weighted by molar-refractivity contribution is 7.89. The fraction of sp³-hybridized carbons (Fsp3) is 0.219. The Balaban J connectivity index is 1.53. The summed E-state index contributed by atoms with van der Waals surface area (Å²) in [4.78, 5) is 16.3. The minimum atomic E-state index is -4.55. The lowest BCUT2D eigenvalue weighted by molar-refractivity contribution is -0.137. The molecule has 2 atom stereocenters. The number of anilines is 1. The van der Waals surface area contributed by atoms with E-state index >= 15 is 0 Å². The van der Waals surface area contributed by atoms with Crippen LogP contribution >= 0.6 is 0 Å². The van der Waals surface area contributed by atoms with Crippen LogP contribution in [-0.4, -0.2) is 25.2 Å². The summed E-state index contributed by atoms with van der Waals surface area (Å²) >= 11 is 0. The third-order valence-corrected chi connectivity index (χ3v) is 10.0. The lowest BCUT2D eigenvalue weighted by Crippen LogP contribution is -2.45. The molecule has 2 heterocycles. The Hall–Kier alpha value is -3.95. The fourth-order valence-corrected chi connectivity index (χ4v) is 7.85.